The molecule has 3 aromatic rings. The minimum atomic E-state index is -3.53. The first kappa shape index (κ1) is 21.7. The van der Waals surface area contributed by atoms with E-state index in [1.165, 1.54) is 5.56 Å². The van der Waals surface area contributed by atoms with Gasteiger partial charge in [0.15, 0.2) is 0 Å². The third-order valence-electron chi connectivity index (χ3n) is 7.28. The molecule has 0 radical (unpaired) electrons. The molecule has 0 spiro atoms. The standard InChI is InChI=1S/C24H27N5O4S/c30-23-20(13-18-14-25-9-6-21(18)26-23)22-27-24(33-28-22)16-7-10-29(11-8-16)34(31,32)19-5-4-15-2-1-3-17(15)12-19/h4-5,12-13,16,25H,1-3,6-11,14H2,(H,26,30). The second-order valence-electron chi connectivity index (χ2n) is 9.36. The molecule has 0 amide bonds. The molecular weight excluding hydrogens is 454 g/mol. The first-order valence-electron chi connectivity index (χ1n) is 11.9. The zero-order valence-electron chi connectivity index (χ0n) is 18.8. The van der Waals surface area contributed by atoms with Gasteiger partial charge in [-0.25, -0.2) is 8.42 Å². The molecule has 2 aliphatic heterocycles. The number of aromatic nitrogens is 3. The Bertz CT molecular complexity index is 1400. The number of piperidine rings is 1. The number of nitrogens with one attached hydrogen (secondary N) is 2. The van der Waals surface area contributed by atoms with Gasteiger partial charge in [-0.1, -0.05) is 11.2 Å². The quantitative estimate of drug-likeness (QED) is 0.585. The fourth-order valence-corrected chi connectivity index (χ4v) is 6.83. The first-order chi connectivity index (χ1) is 16.5. The number of benzene rings is 1. The summed E-state index contributed by atoms with van der Waals surface area (Å²) in [6, 6.07) is 7.38. The number of hydrogen-bond acceptors (Lipinski definition) is 7. The van der Waals surface area contributed by atoms with Crippen molar-refractivity contribution in [2.75, 3.05) is 19.6 Å². The lowest BCUT2D eigenvalue weighted by Crippen LogP contribution is -2.38. The van der Waals surface area contributed by atoms with Crippen molar-refractivity contribution in [2.24, 2.45) is 0 Å². The highest BCUT2D eigenvalue weighted by molar-refractivity contribution is 7.89. The summed E-state index contributed by atoms with van der Waals surface area (Å²) in [5, 5.41) is 7.36. The van der Waals surface area contributed by atoms with Crippen LogP contribution in [0.4, 0.5) is 0 Å². The molecule has 178 valence electrons. The minimum absolute atomic E-state index is 0.0360. The van der Waals surface area contributed by atoms with E-state index in [0.29, 0.717) is 48.8 Å². The van der Waals surface area contributed by atoms with Gasteiger partial charge < -0.3 is 14.8 Å². The zero-order chi connectivity index (χ0) is 23.3. The van der Waals surface area contributed by atoms with Crippen molar-refractivity contribution in [3.8, 4) is 11.4 Å². The van der Waals surface area contributed by atoms with E-state index < -0.39 is 10.0 Å². The SMILES string of the molecule is O=c1[nH]c2c(cc1-c1noc(C3CCN(S(=O)(=O)c4ccc5c(c4)CCC5)CC3)n1)CNCC2. The number of aromatic amines is 1. The summed E-state index contributed by atoms with van der Waals surface area (Å²) in [7, 11) is -3.53. The van der Waals surface area contributed by atoms with Crippen LogP contribution in [0.5, 0.6) is 0 Å². The van der Waals surface area contributed by atoms with Gasteiger partial charge in [-0.05, 0) is 67.0 Å². The number of fused-ring (bicyclic) bond motifs is 2. The van der Waals surface area contributed by atoms with Crippen LogP contribution in [0, 0.1) is 0 Å². The molecule has 9 nitrogen and oxygen atoms in total. The maximum absolute atomic E-state index is 13.2. The van der Waals surface area contributed by atoms with E-state index in [4.69, 9.17) is 4.52 Å². The van der Waals surface area contributed by atoms with Gasteiger partial charge >= 0.3 is 0 Å². The number of H-pyrrole nitrogens is 1. The van der Waals surface area contributed by atoms with Crippen molar-refractivity contribution >= 4 is 10.0 Å². The summed E-state index contributed by atoms with van der Waals surface area (Å²) in [6.07, 6.45) is 5.04. The molecule has 6 rings (SSSR count). The predicted octanol–water partition coefficient (Wildman–Crippen LogP) is 2.13. The van der Waals surface area contributed by atoms with Gasteiger partial charge in [0.25, 0.3) is 5.56 Å². The average Bonchev–Trinajstić information content (AvgIpc) is 3.53. The Hall–Kier alpha value is -2.82. The topological polar surface area (TPSA) is 121 Å². The van der Waals surface area contributed by atoms with Crippen molar-refractivity contribution < 1.29 is 12.9 Å². The lowest BCUT2D eigenvalue weighted by molar-refractivity contribution is 0.271. The molecule has 0 saturated carbocycles. The number of sulfonamides is 1. The van der Waals surface area contributed by atoms with E-state index in [-0.39, 0.29) is 17.3 Å². The molecule has 0 bridgehead atoms. The van der Waals surface area contributed by atoms with Crippen molar-refractivity contribution in [1.29, 1.82) is 0 Å². The highest BCUT2D eigenvalue weighted by Gasteiger charge is 2.33. The molecule has 1 aliphatic carbocycles. The Morgan fingerprint density at radius 3 is 2.71 bits per heavy atom. The maximum atomic E-state index is 13.2. The monoisotopic (exact) mass is 481 g/mol. The normalized spacial score (nSPS) is 19.2. The summed E-state index contributed by atoms with van der Waals surface area (Å²) in [4.78, 5) is 20.4. The van der Waals surface area contributed by atoms with E-state index in [1.807, 2.05) is 18.2 Å². The molecule has 10 heteroatoms. The fourth-order valence-electron chi connectivity index (χ4n) is 5.31. The molecule has 4 heterocycles. The van der Waals surface area contributed by atoms with Crippen LogP contribution in [0.3, 0.4) is 0 Å². The Kier molecular flexibility index (Phi) is 5.39. The van der Waals surface area contributed by atoms with Gasteiger partial charge in [-0.3, -0.25) is 4.79 Å². The smallest absolute Gasteiger partial charge is 0.259 e. The molecule has 1 aromatic carbocycles. The van der Waals surface area contributed by atoms with E-state index in [1.54, 1.807) is 10.4 Å². The van der Waals surface area contributed by atoms with Crippen LogP contribution in [0.25, 0.3) is 11.4 Å². The van der Waals surface area contributed by atoms with Crippen LogP contribution in [0.1, 0.15) is 53.5 Å². The van der Waals surface area contributed by atoms with Gasteiger partial charge in [0.1, 0.15) is 0 Å². The van der Waals surface area contributed by atoms with Crippen LogP contribution < -0.4 is 10.9 Å². The lowest BCUT2D eigenvalue weighted by Gasteiger charge is -2.29. The minimum Gasteiger partial charge on any atom is -0.339 e. The second kappa shape index (κ2) is 8.44. The van der Waals surface area contributed by atoms with Crippen molar-refractivity contribution in [3.63, 3.8) is 0 Å². The highest BCUT2D eigenvalue weighted by atomic mass is 32.2. The van der Waals surface area contributed by atoms with Gasteiger partial charge in [0.05, 0.1) is 10.5 Å². The summed E-state index contributed by atoms with van der Waals surface area (Å²) in [5.74, 6) is 0.698. The van der Waals surface area contributed by atoms with Crippen LogP contribution in [0.15, 0.2) is 38.5 Å². The van der Waals surface area contributed by atoms with Crippen molar-refractivity contribution in [2.45, 2.75) is 55.9 Å². The molecule has 2 N–H and O–H groups in total. The Labute approximate surface area is 197 Å². The van der Waals surface area contributed by atoms with E-state index in [0.717, 1.165) is 49.0 Å². The lowest BCUT2D eigenvalue weighted by atomic mass is 9.98. The average molecular weight is 482 g/mol. The molecule has 0 atom stereocenters. The molecule has 34 heavy (non-hydrogen) atoms. The number of pyridine rings is 1. The largest absolute Gasteiger partial charge is 0.339 e. The Morgan fingerprint density at radius 1 is 1.03 bits per heavy atom. The fraction of sp³-hybridized carbons (Fsp3) is 0.458. The maximum Gasteiger partial charge on any atom is 0.259 e. The van der Waals surface area contributed by atoms with Crippen LogP contribution in [0.2, 0.25) is 0 Å². The number of aryl methyl sites for hydroxylation is 2. The molecule has 0 unspecified atom stereocenters. The van der Waals surface area contributed by atoms with E-state index in [9.17, 15) is 13.2 Å². The molecule has 1 saturated heterocycles. The third-order valence-corrected chi connectivity index (χ3v) is 9.17. The second-order valence-corrected chi connectivity index (χ2v) is 11.3. The summed E-state index contributed by atoms with van der Waals surface area (Å²) >= 11 is 0. The number of rotatable bonds is 4. The molecule has 3 aliphatic rings. The Balaban J connectivity index is 1.17. The van der Waals surface area contributed by atoms with E-state index >= 15 is 0 Å². The van der Waals surface area contributed by atoms with Gasteiger partial charge in [-0.15, -0.1) is 0 Å². The zero-order valence-corrected chi connectivity index (χ0v) is 19.7. The summed E-state index contributed by atoms with van der Waals surface area (Å²) in [6.45, 7) is 2.33. The Morgan fingerprint density at radius 2 is 1.85 bits per heavy atom. The molecule has 2 aromatic heterocycles. The number of hydrogen-bond donors (Lipinski definition) is 2. The van der Waals surface area contributed by atoms with Gasteiger partial charge in [-0.2, -0.15) is 9.29 Å². The first-order valence-corrected chi connectivity index (χ1v) is 13.3. The van der Waals surface area contributed by atoms with Gasteiger partial charge in [0, 0.05) is 44.2 Å². The van der Waals surface area contributed by atoms with Crippen LogP contribution in [-0.2, 0) is 35.8 Å². The predicted molar refractivity (Wildman–Crippen MR) is 125 cm³/mol. The van der Waals surface area contributed by atoms with Gasteiger partial charge in [0.2, 0.25) is 21.7 Å². The highest BCUT2D eigenvalue weighted by Crippen LogP contribution is 2.32. The third kappa shape index (κ3) is 3.79. The number of nitrogens with zero attached hydrogens (tertiary/aromatic N) is 3. The molecule has 1 fully saturated rings. The summed E-state index contributed by atoms with van der Waals surface area (Å²) in [5.41, 5.74) is 4.59. The van der Waals surface area contributed by atoms with Crippen LogP contribution >= 0.6 is 0 Å². The summed E-state index contributed by atoms with van der Waals surface area (Å²) < 4.78 is 33.5. The van der Waals surface area contributed by atoms with E-state index in [2.05, 4.69) is 20.4 Å². The van der Waals surface area contributed by atoms with Crippen LogP contribution in [-0.4, -0.2) is 47.5 Å². The molecular formula is C24H27N5O4S. The van der Waals surface area contributed by atoms with Crippen molar-refractivity contribution in [3.05, 3.63) is 62.9 Å². The van der Waals surface area contributed by atoms with Crippen molar-refractivity contribution in [1.82, 2.24) is 24.7 Å².